The van der Waals surface area contributed by atoms with Crippen LogP contribution in [0, 0.1) is 0 Å². The molecule has 432 valence electrons. The average Bonchev–Trinajstić information content (AvgIpc) is 0.689. The van der Waals surface area contributed by atoms with Gasteiger partial charge in [0.25, 0.3) is 6.71 Å². The fourth-order valence-electron chi connectivity index (χ4n) is 16.3. The van der Waals surface area contributed by atoms with Crippen LogP contribution in [-0.4, -0.2) is 6.71 Å². The number of benzene rings is 19. The molecule has 0 aromatic heterocycles. The molecular weight excluding hydrogens is 1130 g/mol. The molecule has 0 saturated carbocycles. The van der Waals surface area contributed by atoms with Crippen LogP contribution in [-0.2, 0) is 0 Å². The van der Waals surface area contributed by atoms with Crippen molar-refractivity contribution >= 4 is 204 Å². The van der Waals surface area contributed by atoms with E-state index in [9.17, 15) is 0 Å². The number of anilines is 9. The van der Waals surface area contributed by atoms with Crippen LogP contribution in [0.15, 0.2) is 328 Å². The van der Waals surface area contributed by atoms with Crippen molar-refractivity contribution in [2.45, 2.75) is 0 Å². The van der Waals surface area contributed by atoms with Gasteiger partial charge in [-0.3, -0.25) is 0 Å². The smallest absolute Gasteiger partial charge is 0.252 e. The normalized spacial score (nSPS) is 12.8. The molecule has 0 amide bonds. The van der Waals surface area contributed by atoms with E-state index in [-0.39, 0.29) is 6.71 Å². The maximum Gasteiger partial charge on any atom is 0.252 e. The lowest BCUT2D eigenvalue weighted by Gasteiger charge is -2.45. The average molecular weight is 1190 g/mol. The Morgan fingerprint density at radius 2 is 0.426 bits per heavy atom. The van der Waals surface area contributed by atoms with Crippen molar-refractivity contribution in [1.29, 1.82) is 0 Å². The Morgan fingerprint density at radius 3 is 0.734 bits per heavy atom. The molecule has 0 fully saturated rings. The van der Waals surface area contributed by atoms with Crippen LogP contribution in [0.25, 0.3) is 129 Å². The third kappa shape index (κ3) is 7.93. The molecule has 2 heterocycles. The predicted octanol–water partition coefficient (Wildman–Crippen LogP) is 23.1. The largest absolute Gasteiger partial charge is 0.311 e. The molecule has 0 bridgehead atoms. The van der Waals surface area contributed by atoms with E-state index in [0.29, 0.717) is 0 Å². The summed E-state index contributed by atoms with van der Waals surface area (Å²) in [6.45, 7) is -0.173. The minimum Gasteiger partial charge on any atom is -0.311 e. The van der Waals surface area contributed by atoms with Gasteiger partial charge in [0, 0.05) is 45.5 Å². The molecule has 21 rings (SSSR count). The lowest BCUT2D eigenvalue weighted by Crippen LogP contribution is -2.61. The summed E-state index contributed by atoms with van der Waals surface area (Å²) in [6, 6.07) is 125. The number of hydrogen-bond donors (Lipinski definition) is 0. The van der Waals surface area contributed by atoms with E-state index < -0.39 is 0 Å². The van der Waals surface area contributed by atoms with Gasteiger partial charge >= 0.3 is 0 Å². The lowest BCUT2D eigenvalue weighted by molar-refractivity contribution is 1.23. The lowest BCUT2D eigenvalue weighted by atomic mass is 9.33. The highest BCUT2D eigenvalue weighted by Crippen LogP contribution is 2.51. The summed E-state index contributed by atoms with van der Waals surface area (Å²) in [7, 11) is 0. The van der Waals surface area contributed by atoms with E-state index in [1.807, 2.05) is 0 Å². The second-order valence-corrected chi connectivity index (χ2v) is 26.2. The van der Waals surface area contributed by atoms with E-state index in [0.717, 1.165) is 39.8 Å². The predicted molar refractivity (Wildman–Crippen MR) is 405 cm³/mol. The summed E-state index contributed by atoms with van der Waals surface area (Å²) in [4.78, 5) is 7.78. The second-order valence-electron chi connectivity index (χ2n) is 26.2. The van der Waals surface area contributed by atoms with Crippen molar-refractivity contribution < 1.29 is 0 Å². The van der Waals surface area contributed by atoms with Crippen LogP contribution in [0.4, 0.5) is 51.2 Å². The number of hydrogen-bond acceptors (Lipinski definition) is 3. The summed E-state index contributed by atoms with van der Waals surface area (Å²) in [5.74, 6) is 0. The van der Waals surface area contributed by atoms with Gasteiger partial charge in [0.15, 0.2) is 0 Å². The van der Waals surface area contributed by atoms with E-state index in [2.05, 4.69) is 342 Å². The molecule has 0 spiro atoms. The molecule has 4 heteroatoms. The van der Waals surface area contributed by atoms with Crippen LogP contribution >= 0.6 is 0 Å². The fourth-order valence-corrected chi connectivity index (χ4v) is 16.3. The summed E-state index contributed by atoms with van der Waals surface area (Å²) >= 11 is 0. The molecule has 19 aromatic rings. The molecule has 3 nitrogen and oxygen atoms in total. The van der Waals surface area contributed by atoms with Crippen molar-refractivity contribution in [1.82, 2.24) is 0 Å². The highest BCUT2D eigenvalue weighted by molar-refractivity contribution is 7.00. The summed E-state index contributed by atoms with van der Waals surface area (Å²) < 4.78 is 0. The molecular formula is C90H54BN3. The molecule has 0 radical (unpaired) electrons. The van der Waals surface area contributed by atoms with Crippen molar-refractivity contribution in [2.75, 3.05) is 14.7 Å². The van der Waals surface area contributed by atoms with Crippen LogP contribution in [0.1, 0.15) is 0 Å². The zero-order valence-electron chi connectivity index (χ0n) is 51.1. The Morgan fingerprint density at radius 1 is 0.181 bits per heavy atom. The molecule has 94 heavy (non-hydrogen) atoms. The number of rotatable bonds is 5. The molecule has 0 atom stereocenters. The molecule has 19 aromatic carbocycles. The highest BCUT2D eigenvalue weighted by Gasteiger charge is 2.45. The van der Waals surface area contributed by atoms with Gasteiger partial charge in [-0.1, -0.05) is 182 Å². The zero-order valence-corrected chi connectivity index (χ0v) is 51.1. The van der Waals surface area contributed by atoms with Crippen molar-refractivity contribution in [3.05, 3.63) is 328 Å². The van der Waals surface area contributed by atoms with Crippen LogP contribution in [0.2, 0.25) is 0 Å². The fraction of sp³-hybridized carbons (Fsp3) is 0. The summed E-state index contributed by atoms with van der Waals surface area (Å²) in [5.41, 5.74) is 13.8. The third-order valence-electron chi connectivity index (χ3n) is 20.7. The zero-order chi connectivity index (χ0) is 61.3. The molecule has 2 aliphatic heterocycles. The van der Waals surface area contributed by atoms with E-state index in [1.165, 1.54) is 157 Å². The maximum atomic E-state index is 2.62. The first kappa shape index (κ1) is 51.5. The van der Waals surface area contributed by atoms with Gasteiger partial charge in [-0.25, -0.2) is 0 Å². The molecule has 0 aliphatic carbocycles. The van der Waals surface area contributed by atoms with Gasteiger partial charge in [0.05, 0.1) is 5.69 Å². The summed E-state index contributed by atoms with van der Waals surface area (Å²) in [5, 5.41) is 29.2. The Hall–Kier alpha value is -12.2. The van der Waals surface area contributed by atoms with Crippen LogP contribution < -0.4 is 31.1 Å². The van der Waals surface area contributed by atoms with Crippen molar-refractivity contribution in [2.24, 2.45) is 0 Å². The van der Waals surface area contributed by atoms with Crippen molar-refractivity contribution in [3.63, 3.8) is 0 Å². The molecule has 0 saturated heterocycles. The maximum absolute atomic E-state index is 2.62. The van der Waals surface area contributed by atoms with Gasteiger partial charge in [-0.15, -0.1) is 0 Å². The molecule has 2 aliphatic rings. The van der Waals surface area contributed by atoms with Gasteiger partial charge in [0.1, 0.15) is 0 Å². The first-order valence-corrected chi connectivity index (χ1v) is 32.7. The topological polar surface area (TPSA) is 9.72 Å². The molecule has 0 unspecified atom stereocenters. The van der Waals surface area contributed by atoms with Crippen LogP contribution in [0.3, 0.4) is 0 Å². The van der Waals surface area contributed by atoms with E-state index in [4.69, 9.17) is 0 Å². The third-order valence-corrected chi connectivity index (χ3v) is 20.7. The second kappa shape index (κ2) is 19.6. The first-order valence-electron chi connectivity index (χ1n) is 32.7. The first-order chi connectivity index (χ1) is 46.5. The van der Waals surface area contributed by atoms with Gasteiger partial charge in [-0.05, 0) is 291 Å². The van der Waals surface area contributed by atoms with Crippen molar-refractivity contribution in [3.8, 4) is 0 Å². The van der Waals surface area contributed by atoms with Gasteiger partial charge in [-0.2, -0.15) is 0 Å². The Kier molecular flexibility index (Phi) is 10.8. The van der Waals surface area contributed by atoms with Crippen LogP contribution in [0.5, 0.6) is 0 Å². The van der Waals surface area contributed by atoms with Gasteiger partial charge < -0.3 is 14.7 Å². The minimum absolute atomic E-state index is 0.173. The van der Waals surface area contributed by atoms with Gasteiger partial charge in [0.2, 0.25) is 0 Å². The highest BCUT2D eigenvalue weighted by atomic mass is 15.2. The monoisotopic (exact) mass is 1190 g/mol. The SMILES string of the molecule is c1ccc2cc3cc(N(c4cc5c6c(c4)N(c4ccc7cc8ccccc8cc7c4)c4cc7cc8ccccc8cc7cc4B6c4cc6cc7ccccc7cc6cc4N5c4ccc5cc6ccccc6cc5c4)c4ccc5cc6ccccc6cc5c4)ccc3cc2c1. The number of fused-ring (bicyclic) bond motifs is 16. The van der Waals surface area contributed by atoms with E-state index in [1.54, 1.807) is 0 Å². The summed E-state index contributed by atoms with van der Waals surface area (Å²) in [6.07, 6.45) is 0. The Labute approximate surface area is 542 Å². The Balaban J connectivity index is 0.911. The van der Waals surface area contributed by atoms with E-state index >= 15 is 0 Å². The number of nitrogens with zero attached hydrogens (tertiary/aromatic N) is 3. The quantitative estimate of drug-likeness (QED) is 0.126. The standard InChI is InChI=1S/C90H54BN3/c1-5-17-59-37-71-45-79(29-25-67(71)33-55(59)13-1)92(80-30-26-68-34-56-14-2-6-18-60(56)38-72(68)46-80)83-53-88-90-89(54-83)94(82-32-28-70-36-58-16-4-8-20-62(58)40-74(70)48-82)87-52-78-44-66-24-12-10-22-64(66)42-76(78)50-85(87)91(90)84-49-75-41-63-21-9-11-23-65(63)43-77(75)51-86(84)93(88)81-31-27-69-35-57-15-3-7-19-61(57)39-73(69)47-81/h1-54H. The molecule has 0 N–H and O–H groups in total. The minimum atomic E-state index is -0.173. The Bertz CT molecular complexity index is 6160.